The van der Waals surface area contributed by atoms with Crippen molar-refractivity contribution >= 4 is 11.9 Å². The van der Waals surface area contributed by atoms with E-state index in [1.54, 1.807) is 0 Å². The normalized spacial score (nSPS) is 43.3. The van der Waals surface area contributed by atoms with Crippen molar-refractivity contribution in [2.24, 2.45) is 62.4 Å². The van der Waals surface area contributed by atoms with E-state index in [4.69, 9.17) is 24.7 Å². The maximum absolute atomic E-state index is 14.4. The van der Waals surface area contributed by atoms with E-state index in [1.165, 1.54) is 12.5 Å². The van der Waals surface area contributed by atoms with Crippen LogP contribution in [0.1, 0.15) is 140 Å². The number of carbonyl (C=O) groups is 2. The number of esters is 2. The van der Waals surface area contributed by atoms with Gasteiger partial charge in [0.05, 0.1) is 25.7 Å². The number of rotatable bonds is 12. The fourth-order valence-corrected chi connectivity index (χ4v) is 12.2. The Balaban J connectivity index is 1.55. The molecule has 0 radical (unpaired) electrons. The van der Waals surface area contributed by atoms with E-state index < -0.39 is 0 Å². The first-order valence-corrected chi connectivity index (χ1v) is 19.9. The van der Waals surface area contributed by atoms with Gasteiger partial charge in [-0.3, -0.25) is 9.59 Å². The summed E-state index contributed by atoms with van der Waals surface area (Å²) in [5.74, 6) is 1.13. The Hall–Kier alpha value is -1.44. The van der Waals surface area contributed by atoms with Crippen LogP contribution in [-0.4, -0.2) is 56.1 Å². The molecule has 3 saturated carbocycles. The molecule has 2 N–H and O–H groups in total. The Morgan fingerprint density at radius 1 is 1.04 bits per heavy atom. The van der Waals surface area contributed by atoms with E-state index in [9.17, 15) is 9.59 Å². The van der Waals surface area contributed by atoms with Gasteiger partial charge in [0.2, 0.25) is 0 Å². The quantitative estimate of drug-likeness (QED) is 0.125. The number of unbranched alkanes of at least 4 members (excludes halogenated alkanes) is 1. The minimum Gasteiger partial charge on any atom is -0.465 e. The van der Waals surface area contributed by atoms with Crippen molar-refractivity contribution in [3.63, 3.8) is 0 Å². The van der Waals surface area contributed by atoms with Gasteiger partial charge < -0.3 is 24.7 Å². The summed E-state index contributed by atoms with van der Waals surface area (Å²) < 4.78 is 25.8. The number of allylic oxidation sites excluding steroid dienone is 1. The molecule has 280 valence electrons. The molecule has 4 fully saturated rings. The maximum atomic E-state index is 14.4. The Morgan fingerprint density at radius 2 is 1.76 bits per heavy atom. The molecule has 5 aliphatic rings. The van der Waals surface area contributed by atoms with Crippen LogP contribution in [0.15, 0.2) is 11.6 Å². The summed E-state index contributed by atoms with van der Waals surface area (Å²) >= 11 is 0. The molecule has 7 heteroatoms. The minimum absolute atomic E-state index is 0.0124. The molecule has 0 aromatic heterocycles. The summed E-state index contributed by atoms with van der Waals surface area (Å²) in [6.45, 7) is 26.8. The SMILES string of the molecule is CCCCOC(=O)[C@@H]1[C@@](C)([C@H](C)C(C)C)CC[C@]2(C)[C@H]3CC[C@@H]4[C@@]5(COC[C@]4(C)[C@@H](OCCC(C)(N)CC)[C@H](OC(C)=O)C5)C3=CC[C@@]12C. The van der Waals surface area contributed by atoms with E-state index >= 15 is 0 Å². The van der Waals surface area contributed by atoms with Crippen LogP contribution in [0, 0.1) is 56.7 Å². The largest absolute Gasteiger partial charge is 0.465 e. The second kappa shape index (κ2) is 13.8. The lowest BCUT2D eigenvalue weighted by Gasteiger charge is -2.71. The molecule has 0 aromatic rings. The van der Waals surface area contributed by atoms with E-state index in [-0.39, 0.29) is 62.7 Å². The van der Waals surface area contributed by atoms with Crippen molar-refractivity contribution in [3.8, 4) is 0 Å². The monoisotopic (exact) mass is 686 g/mol. The molecule has 7 nitrogen and oxygen atoms in total. The zero-order chi connectivity index (χ0) is 36.2. The van der Waals surface area contributed by atoms with Crippen molar-refractivity contribution in [2.45, 2.75) is 158 Å². The van der Waals surface area contributed by atoms with Crippen LogP contribution in [0.4, 0.5) is 0 Å². The Morgan fingerprint density at radius 3 is 2.39 bits per heavy atom. The highest BCUT2D eigenvalue weighted by Gasteiger charge is 2.72. The summed E-state index contributed by atoms with van der Waals surface area (Å²) in [6.07, 6.45) is 11.3. The molecule has 1 aliphatic heterocycles. The number of nitrogens with two attached hydrogens (primary N) is 1. The predicted octanol–water partition coefficient (Wildman–Crippen LogP) is 8.67. The van der Waals surface area contributed by atoms with Crippen molar-refractivity contribution in [2.75, 3.05) is 26.4 Å². The van der Waals surface area contributed by atoms with E-state index in [1.807, 2.05) is 0 Å². The molecular weight excluding hydrogens is 614 g/mol. The van der Waals surface area contributed by atoms with Crippen LogP contribution < -0.4 is 5.73 Å². The molecule has 0 amide bonds. The average molecular weight is 686 g/mol. The number of carbonyl (C=O) groups excluding carboxylic acids is 2. The molecule has 49 heavy (non-hydrogen) atoms. The zero-order valence-electron chi connectivity index (χ0n) is 33.0. The van der Waals surface area contributed by atoms with Crippen LogP contribution in [-0.2, 0) is 28.5 Å². The molecule has 1 saturated heterocycles. The molecule has 2 bridgehead atoms. The average Bonchev–Trinajstić information content (AvgIpc) is 3.02. The molecular formula is C42H71NO6. The van der Waals surface area contributed by atoms with Gasteiger partial charge in [-0.15, -0.1) is 0 Å². The van der Waals surface area contributed by atoms with Gasteiger partial charge in [-0.05, 0) is 105 Å². The highest BCUT2D eigenvalue weighted by atomic mass is 16.6. The van der Waals surface area contributed by atoms with Gasteiger partial charge in [0.25, 0.3) is 0 Å². The van der Waals surface area contributed by atoms with E-state index in [0.717, 1.165) is 57.8 Å². The second-order valence-electron chi connectivity index (χ2n) is 18.9. The van der Waals surface area contributed by atoms with E-state index in [2.05, 4.69) is 75.3 Å². The Kier molecular flexibility index (Phi) is 11.0. The standard InChI is InChI=1S/C42H71NO6/c1-12-14-22-48-36(45)34-38(8,28(5)27(3)4)19-20-40(10)30-15-16-33-39(9)25-46-26-42(33,31(30)17-18-41(34,40)11)24-32(49-29(6)44)35(39)47-23-21-37(7,43)13-2/h17,27-28,30,32-35H,12-16,18-26,43H2,1-11H3/t28-,30+,32-,33+,34-,35+,37?,38-,39+,40-,41+,42+/m1/s1. The van der Waals surface area contributed by atoms with Crippen LogP contribution in [0.3, 0.4) is 0 Å². The van der Waals surface area contributed by atoms with Crippen molar-refractivity contribution < 1.29 is 28.5 Å². The highest BCUT2D eigenvalue weighted by molar-refractivity contribution is 5.75. The topological polar surface area (TPSA) is 97.1 Å². The fourth-order valence-electron chi connectivity index (χ4n) is 12.2. The summed E-state index contributed by atoms with van der Waals surface area (Å²) in [5, 5.41) is 0. The zero-order valence-corrected chi connectivity index (χ0v) is 33.0. The minimum atomic E-state index is -0.350. The van der Waals surface area contributed by atoms with Gasteiger partial charge in [-0.25, -0.2) is 0 Å². The lowest BCUT2D eigenvalue weighted by atomic mass is 9.34. The van der Waals surface area contributed by atoms with Gasteiger partial charge in [-0.1, -0.05) is 80.4 Å². The van der Waals surface area contributed by atoms with Gasteiger partial charge >= 0.3 is 11.9 Å². The lowest BCUT2D eigenvalue weighted by Crippen LogP contribution is -2.70. The Bertz CT molecular complexity index is 1260. The summed E-state index contributed by atoms with van der Waals surface area (Å²) in [5.41, 5.74) is 6.73. The highest BCUT2D eigenvalue weighted by Crippen LogP contribution is 2.75. The first-order valence-electron chi connectivity index (χ1n) is 19.9. The predicted molar refractivity (Wildman–Crippen MR) is 195 cm³/mol. The molecule has 1 unspecified atom stereocenters. The molecule has 1 heterocycles. The van der Waals surface area contributed by atoms with E-state index in [0.29, 0.717) is 56.5 Å². The first kappa shape index (κ1) is 38.8. The molecule has 4 aliphatic carbocycles. The van der Waals surface area contributed by atoms with Crippen LogP contribution in [0.5, 0.6) is 0 Å². The second-order valence-corrected chi connectivity index (χ2v) is 18.9. The number of ether oxygens (including phenoxy) is 4. The molecule has 0 spiro atoms. The molecule has 0 aromatic carbocycles. The van der Waals surface area contributed by atoms with Gasteiger partial charge in [-0.2, -0.15) is 0 Å². The lowest BCUT2D eigenvalue weighted by molar-refractivity contribution is -0.267. The van der Waals surface area contributed by atoms with Crippen molar-refractivity contribution in [1.82, 2.24) is 0 Å². The van der Waals surface area contributed by atoms with Crippen LogP contribution >= 0.6 is 0 Å². The van der Waals surface area contributed by atoms with Gasteiger partial charge in [0.15, 0.2) is 0 Å². The van der Waals surface area contributed by atoms with Gasteiger partial charge in [0.1, 0.15) is 12.2 Å². The number of hydrogen-bond donors (Lipinski definition) is 1. The first-order chi connectivity index (χ1) is 22.9. The third-order valence-electron chi connectivity index (χ3n) is 15.9. The third kappa shape index (κ3) is 6.26. The summed E-state index contributed by atoms with van der Waals surface area (Å²) in [7, 11) is 0. The fraction of sp³-hybridized carbons (Fsp3) is 0.905. The van der Waals surface area contributed by atoms with Crippen molar-refractivity contribution in [3.05, 3.63) is 11.6 Å². The Labute approximate surface area is 298 Å². The molecule has 5 rings (SSSR count). The van der Waals surface area contributed by atoms with Crippen LogP contribution in [0.25, 0.3) is 0 Å². The number of fused-ring (bicyclic) bond motifs is 3. The maximum Gasteiger partial charge on any atom is 0.310 e. The molecule has 12 atom stereocenters. The van der Waals surface area contributed by atoms with Crippen LogP contribution in [0.2, 0.25) is 0 Å². The summed E-state index contributed by atoms with van der Waals surface area (Å²) in [6, 6.07) is 0. The smallest absolute Gasteiger partial charge is 0.310 e. The van der Waals surface area contributed by atoms with Gasteiger partial charge in [0, 0.05) is 29.9 Å². The van der Waals surface area contributed by atoms with Crippen molar-refractivity contribution in [1.29, 1.82) is 0 Å². The summed E-state index contributed by atoms with van der Waals surface area (Å²) in [4.78, 5) is 27.1. The third-order valence-corrected chi connectivity index (χ3v) is 15.9. The number of hydrogen-bond acceptors (Lipinski definition) is 7.